The number of esters is 2. The first kappa shape index (κ1) is 36.0. The van der Waals surface area contributed by atoms with Crippen molar-refractivity contribution in [1.29, 1.82) is 0 Å². The Hall–Kier alpha value is -3.48. The number of hydrogen-bond acceptors (Lipinski definition) is 6. The average Bonchev–Trinajstić information content (AvgIpc) is 3.07. The maximum atomic E-state index is 13.2. The van der Waals surface area contributed by atoms with Crippen molar-refractivity contribution in [3.05, 3.63) is 95.6 Å². The summed E-state index contributed by atoms with van der Waals surface area (Å²) in [7, 11) is 0. The molecular formula is C39H54N2O4. The van der Waals surface area contributed by atoms with Gasteiger partial charge in [0.15, 0.2) is 11.5 Å². The summed E-state index contributed by atoms with van der Waals surface area (Å²) in [4.78, 5) is 26.2. The van der Waals surface area contributed by atoms with E-state index in [1.807, 2.05) is 48.5 Å². The predicted molar refractivity (Wildman–Crippen MR) is 183 cm³/mol. The zero-order chi connectivity index (χ0) is 32.1. The van der Waals surface area contributed by atoms with Crippen LogP contribution >= 0.6 is 0 Å². The summed E-state index contributed by atoms with van der Waals surface area (Å²) < 4.78 is 11.6. The lowest BCUT2D eigenvalue weighted by atomic mass is 10.0. The normalized spacial score (nSPS) is 12.4. The van der Waals surface area contributed by atoms with Crippen molar-refractivity contribution in [2.24, 2.45) is 11.5 Å². The van der Waals surface area contributed by atoms with Gasteiger partial charge >= 0.3 is 11.9 Å². The molecule has 0 heterocycles. The van der Waals surface area contributed by atoms with Gasteiger partial charge in [-0.3, -0.25) is 0 Å². The molecule has 0 radical (unpaired) electrons. The molecular weight excluding hydrogens is 560 g/mol. The molecule has 3 aromatic carbocycles. The van der Waals surface area contributed by atoms with Crippen molar-refractivity contribution in [1.82, 2.24) is 0 Å². The molecule has 6 nitrogen and oxygen atoms in total. The summed E-state index contributed by atoms with van der Waals surface area (Å²) in [5, 5.41) is 0. The minimum absolute atomic E-state index is 0.165. The van der Waals surface area contributed by atoms with E-state index in [2.05, 4.69) is 6.92 Å². The molecule has 0 aromatic heterocycles. The fraction of sp³-hybridized carbons (Fsp3) is 0.487. The molecule has 0 aliphatic carbocycles. The van der Waals surface area contributed by atoms with Crippen LogP contribution in [0.3, 0.4) is 0 Å². The highest BCUT2D eigenvalue weighted by molar-refractivity contribution is 5.83. The Kier molecular flexibility index (Phi) is 17.0. The van der Waals surface area contributed by atoms with E-state index in [-0.39, 0.29) is 11.5 Å². The summed E-state index contributed by atoms with van der Waals surface area (Å²) >= 11 is 0. The van der Waals surface area contributed by atoms with E-state index in [0.29, 0.717) is 17.5 Å². The molecule has 244 valence electrons. The highest BCUT2D eigenvalue weighted by Gasteiger charge is 2.25. The SMILES string of the molecule is CCCCCCCCCCCCCCCCCc1cccc(OC(=O)C(N)c2ccccc2)c1OC(=O)C(N)c1ccccc1. The van der Waals surface area contributed by atoms with Gasteiger partial charge in [0.2, 0.25) is 0 Å². The molecule has 2 unspecified atom stereocenters. The highest BCUT2D eigenvalue weighted by atomic mass is 16.6. The van der Waals surface area contributed by atoms with Gasteiger partial charge in [-0.2, -0.15) is 0 Å². The van der Waals surface area contributed by atoms with Crippen LogP contribution in [-0.4, -0.2) is 11.9 Å². The predicted octanol–water partition coefficient (Wildman–Crippen LogP) is 9.31. The number of benzene rings is 3. The number of hydrogen-bond donors (Lipinski definition) is 2. The van der Waals surface area contributed by atoms with Crippen LogP contribution in [0.25, 0.3) is 0 Å². The molecule has 0 amide bonds. The zero-order valence-electron chi connectivity index (χ0n) is 27.3. The summed E-state index contributed by atoms with van der Waals surface area (Å²) in [6.07, 6.45) is 20.1. The quantitative estimate of drug-likeness (QED) is 0.0664. The number of carbonyl (C=O) groups excluding carboxylic acids is 2. The third-order valence-corrected chi connectivity index (χ3v) is 8.35. The minimum atomic E-state index is -0.972. The Labute approximate surface area is 270 Å². The standard InChI is InChI=1S/C39H54N2O4/c1-2-3-4-5-6-7-8-9-10-11-12-13-14-15-18-28-33-29-23-30-34(44-38(42)35(40)31-24-19-16-20-25-31)37(33)45-39(43)36(41)32-26-21-17-22-27-32/h16-17,19-27,29-30,35-36H,2-15,18,28,40-41H2,1H3. The molecule has 4 N–H and O–H groups in total. The van der Waals surface area contributed by atoms with Gasteiger partial charge in [0.1, 0.15) is 12.1 Å². The molecule has 45 heavy (non-hydrogen) atoms. The molecule has 0 aliphatic heterocycles. The third kappa shape index (κ3) is 13.2. The number of aryl methyl sites for hydroxylation is 1. The second-order valence-corrected chi connectivity index (χ2v) is 12.1. The van der Waals surface area contributed by atoms with Crippen LogP contribution in [0.4, 0.5) is 0 Å². The van der Waals surface area contributed by atoms with Gasteiger partial charge in [-0.25, -0.2) is 9.59 Å². The van der Waals surface area contributed by atoms with Crippen LogP contribution in [0.2, 0.25) is 0 Å². The van der Waals surface area contributed by atoms with E-state index in [1.165, 1.54) is 83.5 Å². The van der Waals surface area contributed by atoms with E-state index in [1.54, 1.807) is 30.3 Å². The van der Waals surface area contributed by atoms with Crippen LogP contribution < -0.4 is 20.9 Å². The lowest BCUT2D eigenvalue weighted by molar-refractivity contribution is -0.138. The molecule has 2 atom stereocenters. The van der Waals surface area contributed by atoms with Crippen molar-refractivity contribution >= 4 is 11.9 Å². The van der Waals surface area contributed by atoms with Crippen molar-refractivity contribution in [3.63, 3.8) is 0 Å². The number of rotatable bonds is 22. The average molecular weight is 615 g/mol. The van der Waals surface area contributed by atoms with Crippen LogP contribution in [0.5, 0.6) is 11.5 Å². The Morgan fingerprint density at radius 1 is 0.533 bits per heavy atom. The van der Waals surface area contributed by atoms with Crippen molar-refractivity contribution < 1.29 is 19.1 Å². The highest BCUT2D eigenvalue weighted by Crippen LogP contribution is 2.34. The smallest absolute Gasteiger partial charge is 0.333 e. The van der Waals surface area contributed by atoms with Crippen molar-refractivity contribution in [2.45, 2.75) is 122 Å². The summed E-state index contributed by atoms with van der Waals surface area (Å²) in [6.45, 7) is 2.27. The van der Waals surface area contributed by atoms with Gasteiger partial charge in [0.25, 0.3) is 0 Å². The Bertz CT molecular complexity index is 1250. The van der Waals surface area contributed by atoms with Crippen LogP contribution in [-0.2, 0) is 16.0 Å². The van der Waals surface area contributed by atoms with E-state index in [4.69, 9.17) is 20.9 Å². The number of para-hydroxylation sites is 1. The van der Waals surface area contributed by atoms with Gasteiger partial charge in [-0.1, -0.05) is 170 Å². The first-order chi connectivity index (χ1) is 22.0. The zero-order valence-corrected chi connectivity index (χ0v) is 27.3. The van der Waals surface area contributed by atoms with Gasteiger partial charge < -0.3 is 20.9 Å². The van der Waals surface area contributed by atoms with Crippen LogP contribution in [0, 0.1) is 0 Å². The maximum absolute atomic E-state index is 13.2. The van der Waals surface area contributed by atoms with Crippen LogP contribution in [0.1, 0.15) is 132 Å². The lowest BCUT2D eigenvalue weighted by Gasteiger charge is -2.18. The summed E-state index contributed by atoms with van der Waals surface area (Å²) in [5.74, 6) is -0.851. The van der Waals surface area contributed by atoms with E-state index in [9.17, 15) is 9.59 Å². The van der Waals surface area contributed by atoms with Crippen LogP contribution in [0.15, 0.2) is 78.9 Å². The first-order valence-corrected chi connectivity index (χ1v) is 17.2. The number of nitrogens with two attached hydrogens (primary N) is 2. The molecule has 6 heteroatoms. The number of unbranched alkanes of at least 4 members (excludes halogenated alkanes) is 14. The Morgan fingerprint density at radius 3 is 1.42 bits per heavy atom. The van der Waals surface area contributed by atoms with Gasteiger partial charge in [-0.05, 0) is 35.6 Å². The fourth-order valence-electron chi connectivity index (χ4n) is 5.57. The van der Waals surface area contributed by atoms with Crippen molar-refractivity contribution in [2.75, 3.05) is 0 Å². The Morgan fingerprint density at radius 2 is 0.956 bits per heavy atom. The second kappa shape index (κ2) is 21.3. The molecule has 3 rings (SSSR count). The third-order valence-electron chi connectivity index (χ3n) is 8.35. The van der Waals surface area contributed by atoms with E-state index >= 15 is 0 Å². The molecule has 0 saturated heterocycles. The lowest BCUT2D eigenvalue weighted by Crippen LogP contribution is -2.28. The number of ether oxygens (including phenoxy) is 2. The van der Waals surface area contributed by atoms with Gasteiger partial charge in [-0.15, -0.1) is 0 Å². The maximum Gasteiger partial charge on any atom is 0.333 e. The second-order valence-electron chi connectivity index (χ2n) is 12.1. The van der Waals surface area contributed by atoms with Crippen molar-refractivity contribution in [3.8, 4) is 11.5 Å². The molecule has 0 aliphatic rings. The Balaban J connectivity index is 1.51. The first-order valence-electron chi connectivity index (χ1n) is 17.2. The number of carbonyl (C=O) groups is 2. The molecule has 0 spiro atoms. The molecule has 0 bridgehead atoms. The van der Waals surface area contributed by atoms with Gasteiger partial charge in [0.05, 0.1) is 0 Å². The summed E-state index contributed by atoms with van der Waals surface area (Å²) in [5.41, 5.74) is 14.5. The van der Waals surface area contributed by atoms with E-state index in [0.717, 1.165) is 18.4 Å². The molecule has 3 aromatic rings. The molecule has 0 fully saturated rings. The summed E-state index contributed by atoms with van der Waals surface area (Å²) in [6, 6.07) is 21.5. The fourth-order valence-corrected chi connectivity index (χ4v) is 5.57. The monoisotopic (exact) mass is 614 g/mol. The van der Waals surface area contributed by atoms with Gasteiger partial charge in [0, 0.05) is 0 Å². The topological polar surface area (TPSA) is 105 Å². The van der Waals surface area contributed by atoms with E-state index < -0.39 is 24.0 Å². The molecule has 0 saturated carbocycles. The minimum Gasteiger partial charge on any atom is -0.421 e. The largest absolute Gasteiger partial charge is 0.421 e.